The van der Waals surface area contributed by atoms with Crippen LogP contribution in [0.5, 0.6) is 0 Å². The van der Waals surface area contributed by atoms with Crippen LogP contribution in [0, 0.1) is 23.4 Å². The topological polar surface area (TPSA) is 49.3 Å². The summed E-state index contributed by atoms with van der Waals surface area (Å²) in [7, 11) is 0. The maximum absolute atomic E-state index is 12.9. The largest absolute Gasteiger partial charge is 0.480 e. The monoisotopic (exact) mass is 259 g/mol. The molecule has 18 heavy (non-hydrogen) atoms. The third-order valence-corrected chi connectivity index (χ3v) is 2.93. The lowest BCUT2D eigenvalue weighted by Crippen LogP contribution is -2.38. The summed E-state index contributed by atoms with van der Waals surface area (Å²) in [5.74, 6) is -4.98. The predicted molar refractivity (Wildman–Crippen MR) is 57.3 cm³/mol. The van der Waals surface area contributed by atoms with E-state index in [1.807, 2.05) is 0 Å². The highest BCUT2D eigenvalue weighted by atomic mass is 19.2. The average Bonchev–Trinajstić information content (AvgIpc) is 3.10. The Morgan fingerprint density at radius 2 is 1.89 bits per heavy atom. The Labute approximate surface area is 102 Å². The van der Waals surface area contributed by atoms with Gasteiger partial charge in [-0.05, 0) is 36.5 Å². The van der Waals surface area contributed by atoms with Gasteiger partial charge in [0.1, 0.15) is 6.04 Å². The second-order valence-corrected chi connectivity index (χ2v) is 4.41. The van der Waals surface area contributed by atoms with Crippen LogP contribution in [-0.4, -0.2) is 17.1 Å². The first-order valence-corrected chi connectivity index (χ1v) is 5.58. The van der Waals surface area contributed by atoms with E-state index in [2.05, 4.69) is 5.32 Å². The molecular formula is C12H12F3NO2. The van der Waals surface area contributed by atoms with Gasteiger partial charge in [-0.15, -0.1) is 0 Å². The number of nitrogens with one attached hydrogen (secondary N) is 1. The van der Waals surface area contributed by atoms with Crippen LogP contribution in [0.3, 0.4) is 0 Å². The van der Waals surface area contributed by atoms with Crippen molar-refractivity contribution in [1.82, 2.24) is 5.32 Å². The van der Waals surface area contributed by atoms with Crippen molar-refractivity contribution >= 4 is 5.97 Å². The van der Waals surface area contributed by atoms with Crippen LogP contribution in [0.15, 0.2) is 12.1 Å². The number of hydrogen-bond donors (Lipinski definition) is 2. The van der Waals surface area contributed by atoms with Crippen molar-refractivity contribution in [1.29, 1.82) is 0 Å². The molecule has 2 rings (SSSR count). The fourth-order valence-electron chi connectivity index (χ4n) is 1.82. The molecule has 0 spiro atoms. The molecule has 1 atom stereocenters. The Morgan fingerprint density at radius 1 is 1.33 bits per heavy atom. The van der Waals surface area contributed by atoms with E-state index in [1.165, 1.54) is 0 Å². The van der Waals surface area contributed by atoms with Gasteiger partial charge in [0.05, 0.1) is 0 Å². The molecular weight excluding hydrogens is 247 g/mol. The highest BCUT2D eigenvalue weighted by molar-refractivity contribution is 5.74. The maximum atomic E-state index is 12.9. The first-order chi connectivity index (χ1) is 8.49. The van der Waals surface area contributed by atoms with Gasteiger partial charge < -0.3 is 10.4 Å². The van der Waals surface area contributed by atoms with Crippen molar-refractivity contribution in [2.75, 3.05) is 0 Å². The van der Waals surface area contributed by atoms with Crippen LogP contribution in [0.25, 0.3) is 0 Å². The van der Waals surface area contributed by atoms with Gasteiger partial charge >= 0.3 is 5.97 Å². The molecule has 1 aromatic rings. The van der Waals surface area contributed by atoms with Crippen LogP contribution in [0.4, 0.5) is 13.2 Å². The summed E-state index contributed by atoms with van der Waals surface area (Å²) in [5.41, 5.74) is 0.179. The second-order valence-electron chi connectivity index (χ2n) is 4.41. The summed E-state index contributed by atoms with van der Waals surface area (Å²) in [6.45, 7) is -0.0123. The normalized spacial score (nSPS) is 16.6. The van der Waals surface area contributed by atoms with E-state index in [9.17, 15) is 18.0 Å². The third kappa shape index (κ3) is 2.81. The third-order valence-electron chi connectivity index (χ3n) is 2.93. The summed E-state index contributed by atoms with van der Waals surface area (Å²) >= 11 is 0. The van der Waals surface area contributed by atoms with E-state index in [4.69, 9.17) is 5.11 Å². The van der Waals surface area contributed by atoms with Crippen molar-refractivity contribution in [3.05, 3.63) is 35.1 Å². The van der Waals surface area contributed by atoms with Crippen molar-refractivity contribution in [2.45, 2.75) is 25.4 Å². The Balaban J connectivity index is 2.03. The van der Waals surface area contributed by atoms with Crippen LogP contribution in [-0.2, 0) is 11.3 Å². The Morgan fingerprint density at radius 3 is 2.33 bits per heavy atom. The van der Waals surface area contributed by atoms with Gasteiger partial charge in [0.15, 0.2) is 17.5 Å². The number of hydrogen-bond acceptors (Lipinski definition) is 2. The second kappa shape index (κ2) is 4.97. The van der Waals surface area contributed by atoms with Crippen LogP contribution in [0.2, 0.25) is 0 Å². The molecule has 6 heteroatoms. The Hall–Kier alpha value is -1.56. The molecule has 0 aliphatic heterocycles. The van der Waals surface area contributed by atoms with Gasteiger partial charge in [-0.25, -0.2) is 13.2 Å². The summed E-state index contributed by atoms with van der Waals surface area (Å²) in [6.07, 6.45) is 1.66. The maximum Gasteiger partial charge on any atom is 0.320 e. The van der Waals surface area contributed by atoms with E-state index >= 15 is 0 Å². The molecule has 1 saturated carbocycles. The molecule has 1 unspecified atom stereocenters. The van der Waals surface area contributed by atoms with Gasteiger partial charge in [0.2, 0.25) is 0 Å². The number of carboxylic acids is 1. The van der Waals surface area contributed by atoms with Crippen molar-refractivity contribution in [3.8, 4) is 0 Å². The molecule has 1 aliphatic carbocycles. The number of benzene rings is 1. The molecule has 0 amide bonds. The minimum absolute atomic E-state index is 0.0123. The molecule has 0 bridgehead atoms. The predicted octanol–water partition coefficient (Wildman–Crippen LogP) is 2.06. The van der Waals surface area contributed by atoms with E-state index in [1.54, 1.807) is 0 Å². The lowest BCUT2D eigenvalue weighted by atomic mass is 10.1. The fourth-order valence-corrected chi connectivity index (χ4v) is 1.82. The minimum Gasteiger partial charge on any atom is -0.480 e. The SMILES string of the molecule is O=C(O)C(NCc1cc(F)c(F)c(F)c1)C1CC1. The standard InChI is InChI=1S/C12H12F3NO2/c13-8-3-6(4-9(14)10(8)15)5-16-11(12(17)18)7-1-2-7/h3-4,7,11,16H,1-2,5H2,(H,17,18). The number of aliphatic carboxylic acids is 1. The zero-order valence-electron chi connectivity index (χ0n) is 9.42. The van der Waals surface area contributed by atoms with Gasteiger partial charge in [0, 0.05) is 6.54 Å². The molecule has 3 nitrogen and oxygen atoms in total. The molecule has 1 aliphatic rings. The van der Waals surface area contributed by atoms with Crippen LogP contribution < -0.4 is 5.32 Å². The zero-order chi connectivity index (χ0) is 13.3. The summed E-state index contributed by atoms with van der Waals surface area (Å²) < 4.78 is 38.6. The minimum atomic E-state index is -1.52. The molecule has 1 fully saturated rings. The highest BCUT2D eigenvalue weighted by Crippen LogP contribution is 2.32. The van der Waals surface area contributed by atoms with Crippen molar-refractivity contribution in [2.24, 2.45) is 5.92 Å². The lowest BCUT2D eigenvalue weighted by Gasteiger charge is -2.13. The Kier molecular flexibility index (Phi) is 3.56. The molecule has 1 aromatic carbocycles. The molecule has 98 valence electrons. The van der Waals surface area contributed by atoms with E-state index in [0.29, 0.717) is 0 Å². The molecule has 2 N–H and O–H groups in total. The lowest BCUT2D eigenvalue weighted by molar-refractivity contribution is -0.140. The smallest absolute Gasteiger partial charge is 0.320 e. The van der Waals surface area contributed by atoms with E-state index in [-0.39, 0.29) is 18.0 Å². The number of halogens is 3. The van der Waals surface area contributed by atoms with Gasteiger partial charge in [0.25, 0.3) is 0 Å². The van der Waals surface area contributed by atoms with E-state index in [0.717, 1.165) is 25.0 Å². The fraction of sp³-hybridized carbons (Fsp3) is 0.417. The Bertz CT molecular complexity index is 451. The first kappa shape index (κ1) is 12.9. The quantitative estimate of drug-likeness (QED) is 0.796. The van der Waals surface area contributed by atoms with Gasteiger partial charge in [-0.1, -0.05) is 0 Å². The summed E-state index contributed by atoms with van der Waals surface area (Å²) in [5, 5.41) is 11.7. The molecule has 0 radical (unpaired) electrons. The molecule has 0 saturated heterocycles. The number of carboxylic acid groups (broad SMARTS) is 1. The van der Waals surface area contributed by atoms with Gasteiger partial charge in [-0.2, -0.15) is 0 Å². The van der Waals surface area contributed by atoms with Crippen LogP contribution in [0.1, 0.15) is 18.4 Å². The zero-order valence-corrected chi connectivity index (χ0v) is 9.42. The molecule has 0 aromatic heterocycles. The van der Waals surface area contributed by atoms with Crippen LogP contribution >= 0.6 is 0 Å². The van der Waals surface area contributed by atoms with Crippen molar-refractivity contribution in [3.63, 3.8) is 0 Å². The first-order valence-electron chi connectivity index (χ1n) is 5.58. The van der Waals surface area contributed by atoms with Gasteiger partial charge in [-0.3, -0.25) is 4.79 Å². The molecule has 0 heterocycles. The number of carbonyl (C=O) groups is 1. The highest BCUT2D eigenvalue weighted by Gasteiger charge is 2.35. The van der Waals surface area contributed by atoms with Crippen molar-refractivity contribution < 1.29 is 23.1 Å². The van der Waals surface area contributed by atoms with E-state index < -0.39 is 29.5 Å². The summed E-state index contributed by atoms with van der Waals surface area (Å²) in [4.78, 5) is 10.9. The number of rotatable bonds is 5. The average molecular weight is 259 g/mol. The summed E-state index contributed by atoms with van der Waals surface area (Å²) in [6, 6.07) is 0.996.